The minimum atomic E-state index is -0.261. The van der Waals surface area contributed by atoms with Gasteiger partial charge in [0.25, 0.3) is 12.4 Å². The molecule has 3 aromatic carbocycles. The first-order chi connectivity index (χ1) is 17.9. The summed E-state index contributed by atoms with van der Waals surface area (Å²) in [6.45, 7) is 5.17. The number of aryl methyl sites for hydroxylation is 3. The molecule has 37 heavy (non-hydrogen) atoms. The predicted octanol–water partition coefficient (Wildman–Crippen LogP) is 6.18. The molecule has 0 aromatic heterocycles. The van der Waals surface area contributed by atoms with Gasteiger partial charge < -0.3 is 5.11 Å². The van der Waals surface area contributed by atoms with E-state index >= 15 is 0 Å². The first kappa shape index (κ1) is 28.1. The van der Waals surface area contributed by atoms with E-state index in [1.165, 1.54) is 16.1 Å². The van der Waals surface area contributed by atoms with Crippen molar-refractivity contribution in [2.45, 2.75) is 39.5 Å². The van der Waals surface area contributed by atoms with Gasteiger partial charge in [0, 0.05) is 23.7 Å². The van der Waals surface area contributed by atoms with Crippen LogP contribution in [0.5, 0.6) is 0 Å². The normalized spacial score (nSPS) is 13.8. The van der Waals surface area contributed by atoms with Crippen molar-refractivity contribution in [1.29, 1.82) is 0 Å². The van der Waals surface area contributed by atoms with Crippen molar-refractivity contribution in [2.75, 3.05) is 13.1 Å². The van der Waals surface area contributed by atoms with Crippen molar-refractivity contribution in [1.82, 2.24) is 10.0 Å². The molecule has 7 heteroatoms. The summed E-state index contributed by atoms with van der Waals surface area (Å²) in [5, 5.41) is 10.8. The van der Waals surface area contributed by atoms with Crippen LogP contribution in [0.15, 0.2) is 66.7 Å². The third-order valence-electron chi connectivity index (χ3n) is 6.87. The zero-order valence-electron chi connectivity index (χ0n) is 21.3. The second kappa shape index (κ2) is 13.7. The molecule has 6 nitrogen and oxygen atoms in total. The lowest BCUT2D eigenvalue weighted by Gasteiger charge is -2.36. The third kappa shape index (κ3) is 7.51. The van der Waals surface area contributed by atoms with Gasteiger partial charge in [-0.05, 0) is 91.5 Å². The van der Waals surface area contributed by atoms with Crippen LogP contribution in [-0.4, -0.2) is 47.0 Å². The second-order valence-corrected chi connectivity index (χ2v) is 9.70. The molecule has 1 aliphatic rings. The number of hydrazine groups is 1. The van der Waals surface area contributed by atoms with Crippen LogP contribution < -0.4 is 0 Å². The molecule has 1 saturated heterocycles. The van der Waals surface area contributed by atoms with E-state index in [9.17, 15) is 9.59 Å². The molecule has 2 amide bonds. The van der Waals surface area contributed by atoms with Crippen LogP contribution in [0, 0.1) is 19.8 Å². The third-order valence-corrected chi connectivity index (χ3v) is 7.12. The Morgan fingerprint density at radius 3 is 2.24 bits per heavy atom. The Hall–Kier alpha value is -3.48. The van der Waals surface area contributed by atoms with E-state index in [4.69, 9.17) is 21.5 Å². The molecule has 3 aromatic rings. The summed E-state index contributed by atoms with van der Waals surface area (Å²) in [6, 6.07) is 22.1. The number of hydrogen-bond donors (Lipinski definition) is 1. The van der Waals surface area contributed by atoms with Gasteiger partial charge in [-0.1, -0.05) is 60.1 Å². The molecule has 0 unspecified atom stereocenters. The van der Waals surface area contributed by atoms with Crippen LogP contribution >= 0.6 is 11.6 Å². The van der Waals surface area contributed by atoms with Crippen molar-refractivity contribution in [2.24, 2.45) is 5.92 Å². The number of nitrogens with zero attached hydrogens (tertiary/aromatic N) is 2. The Balaban J connectivity index is 0.00000121. The summed E-state index contributed by atoms with van der Waals surface area (Å²) < 4.78 is 0. The highest BCUT2D eigenvalue weighted by molar-refractivity contribution is 6.30. The number of imide groups is 1. The summed E-state index contributed by atoms with van der Waals surface area (Å²) in [6.07, 6.45) is 4.71. The molecular weight excluding hydrogens is 488 g/mol. The van der Waals surface area contributed by atoms with E-state index in [2.05, 4.69) is 31.2 Å². The molecule has 1 fully saturated rings. The Labute approximate surface area is 223 Å². The fourth-order valence-corrected chi connectivity index (χ4v) is 4.91. The summed E-state index contributed by atoms with van der Waals surface area (Å²) in [7, 11) is 0. The molecule has 1 heterocycles. The summed E-state index contributed by atoms with van der Waals surface area (Å²) in [4.78, 5) is 33.6. The van der Waals surface area contributed by atoms with E-state index in [1.54, 1.807) is 0 Å². The number of piperidine rings is 1. The molecule has 0 aliphatic carbocycles. The van der Waals surface area contributed by atoms with E-state index in [0.717, 1.165) is 47.4 Å². The van der Waals surface area contributed by atoms with Gasteiger partial charge in [-0.2, -0.15) is 0 Å². The van der Waals surface area contributed by atoms with E-state index < -0.39 is 0 Å². The number of carbonyl (C=O) groups excluding carboxylic acids is 2. The predicted molar refractivity (Wildman–Crippen MR) is 146 cm³/mol. The maximum atomic E-state index is 13.3. The SMILES string of the molecule is Cc1cc(-c2ccccc2C)ccc1C(=O)N(C=O)N1CCC(CCc2ccc(Cl)cc2)CC1.O=CO. The molecule has 194 valence electrons. The molecule has 0 bridgehead atoms. The Kier molecular flexibility index (Phi) is 10.4. The highest BCUT2D eigenvalue weighted by Crippen LogP contribution is 2.27. The second-order valence-electron chi connectivity index (χ2n) is 9.27. The van der Waals surface area contributed by atoms with Crippen molar-refractivity contribution in [3.8, 4) is 11.1 Å². The molecule has 0 atom stereocenters. The van der Waals surface area contributed by atoms with Gasteiger partial charge in [0.2, 0.25) is 6.41 Å². The minimum absolute atomic E-state index is 0.250. The van der Waals surface area contributed by atoms with Crippen LogP contribution in [0.25, 0.3) is 11.1 Å². The van der Waals surface area contributed by atoms with Gasteiger partial charge >= 0.3 is 0 Å². The minimum Gasteiger partial charge on any atom is -0.483 e. The number of benzene rings is 3. The van der Waals surface area contributed by atoms with Crippen LogP contribution in [0.4, 0.5) is 0 Å². The molecule has 1 aliphatic heterocycles. The standard InChI is InChI=1S/C29H31ClN2O2.CH2O2/c1-21-5-3-4-6-27(21)25-11-14-28(22(2)19-25)29(34)32(20-33)31-17-15-24(16-18-31)8-7-23-9-12-26(30)13-10-23;2-1-3/h3-6,9-14,19-20,24H,7-8,15-18H2,1-2H3;1H,(H,2,3). The Bertz CT molecular complexity index is 1200. The Morgan fingerprint density at radius 2 is 1.65 bits per heavy atom. The maximum absolute atomic E-state index is 13.3. The van der Waals surface area contributed by atoms with Gasteiger partial charge in [-0.3, -0.25) is 14.4 Å². The highest BCUT2D eigenvalue weighted by Gasteiger charge is 2.28. The number of halogens is 1. The quantitative estimate of drug-likeness (QED) is 0.376. The lowest BCUT2D eigenvalue weighted by molar-refractivity contribution is -0.130. The van der Waals surface area contributed by atoms with Crippen LogP contribution in [0.1, 0.15) is 46.3 Å². The van der Waals surface area contributed by atoms with Crippen molar-refractivity contribution in [3.63, 3.8) is 0 Å². The lowest BCUT2D eigenvalue weighted by atomic mass is 9.91. The molecular formula is C30H33ClN2O4. The fraction of sp³-hybridized carbons (Fsp3) is 0.300. The van der Waals surface area contributed by atoms with Gasteiger partial charge in [0.15, 0.2) is 0 Å². The maximum Gasteiger partial charge on any atom is 0.290 e. The van der Waals surface area contributed by atoms with Crippen molar-refractivity contribution in [3.05, 3.63) is 94.0 Å². The molecule has 0 saturated carbocycles. The van der Waals surface area contributed by atoms with E-state index in [0.29, 0.717) is 31.0 Å². The monoisotopic (exact) mass is 520 g/mol. The van der Waals surface area contributed by atoms with Crippen molar-refractivity contribution < 1.29 is 19.5 Å². The number of carbonyl (C=O) groups is 3. The average Bonchev–Trinajstić information content (AvgIpc) is 2.90. The zero-order valence-corrected chi connectivity index (χ0v) is 22.0. The van der Waals surface area contributed by atoms with Gasteiger partial charge in [-0.15, -0.1) is 0 Å². The summed E-state index contributed by atoms with van der Waals surface area (Å²) >= 11 is 5.98. The zero-order chi connectivity index (χ0) is 26.8. The average molecular weight is 521 g/mol. The van der Waals surface area contributed by atoms with Crippen molar-refractivity contribution >= 4 is 30.4 Å². The molecule has 0 radical (unpaired) electrons. The largest absolute Gasteiger partial charge is 0.483 e. The number of carboxylic acid groups (broad SMARTS) is 1. The smallest absolute Gasteiger partial charge is 0.290 e. The topological polar surface area (TPSA) is 77.9 Å². The highest BCUT2D eigenvalue weighted by atomic mass is 35.5. The Morgan fingerprint density at radius 1 is 1.00 bits per heavy atom. The van der Waals surface area contributed by atoms with E-state index in [1.807, 2.05) is 54.4 Å². The molecule has 1 N–H and O–H groups in total. The van der Waals surface area contributed by atoms with Gasteiger partial charge in [-0.25, -0.2) is 10.0 Å². The van der Waals surface area contributed by atoms with Gasteiger partial charge in [0.05, 0.1) is 0 Å². The number of amides is 2. The molecule has 0 spiro atoms. The van der Waals surface area contributed by atoms with Crippen LogP contribution in [0.3, 0.4) is 0 Å². The first-order valence-electron chi connectivity index (χ1n) is 12.4. The first-order valence-corrected chi connectivity index (χ1v) is 12.8. The number of hydrogen-bond acceptors (Lipinski definition) is 4. The molecule has 4 rings (SSSR count). The summed E-state index contributed by atoms with van der Waals surface area (Å²) in [5.74, 6) is 0.328. The van der Waals surface area contributed by atoms with E-state index in [-0.39, 0.29) is 12.4 Å². The summed E-state index contributed by atoms with van der Waals surface area (Å²) in [5.41, 5.74) is 6.14. The number of rotatable bonds is 7. The fourth-order valence-electron chi connectivity index (χ4n) is 4.78. The van der Waals surface area contributed by atoms with Crippen LogP contribution in [-0.2, 0) is 16.0 Å². The van der Waals surface area contributed by atoms with Crippen LogP contribution in [0.2, 0.25) is 5.02 Å². The lowest BCUT2D eigenvalue weighted by Crippen LogP contribution is -2.49. The van der Waals surface area contributed by atoms with Gasteiger partial charge in [0.1, 0.15) is 0 Å².